The summed E-state index contributed by atoms with van der Waals surface area (Å²) in [6.07, 6.45) is 3.57. The van der Waals surface area contributed by atoms with E-state index < -0.39 is 0 Å². The van der Waals surface area contributed by atoms with E-state index >= 15 is 0 Å². The molecular formula is C20H23N7. The van der Waals surface area contributed by atoms with Crippen molar-refractivity contribution >= 4 is 27.9 Å². The number of aryl methyl sites for hydroxylation is 1. The van der Waals surface area contributed by atoms with Crippen LogP contribution < -0.4 is 4.90 Å². The maximum absolute atomic E-state index is 4.87. The minimum Gasteiger partial charge on any atom is -0.353 e. The maximum Gasteiger partial charge on any atom is 0.142 e. The van der Waals surface area contributed by atoms with Crippen molar-refractivity contribution in [1.29, 1.82) is 0 Å². The van der Waals surface area contributed by atoms with Gasteiger partial charge < -0.3 is 14.5 Å². The summed E-state index contributed by atoms with van der Waals surface area (Å²) in [6, 6.07) is 10.5. The molecule has 7 nitrogen and oxygen atoms in total. The number of imidazole rings is 1. The Hall–Kier alpha value is -2.93. The number of para-hydroxylation sites is 2. The molecule has 0 spiro atoms. The molecule has 138 valence electrons. The van der Waals surface area contributed by atoms with Crippen molar-refractivity contribution in [3.8, 4) is 0 Å². The first-order valence-corrected chi connectivity index (χ1v) is 9.53. The molecule has 0 amide bonds. The highest BCUT2D eigenvalue weighted by Gasteiger charge is 2.22. The summed E-state index contributed by atoms with van der Waals surface area (Å²) < 4.78 is 2.33. The lowest BCUT2D eigenvalue weighted by atomic mass is 10.2. The second-order valence-electron chi connectivity index (χ2n) is 6.96. The number of aromatic amines is 1. The third-order valence-electron chi connectivity index (χ3n) is 5.42. The Kier molecular flexibility index (Phi) is 4.01. The lowest BCUT2D eigenvalue weighted by molar-refractivity contribution is 0.241. The van der Waals surface area contributed by atoms with Crippen LogP contribution in [-0.4, -0.2) is 55.6 Å². The summed E-state index contributed by atoms with van der Waals surface area (Å²) in [7, 11) is 0. The average Bonchev–Trinajstić information content (AvgIpc) is 3.32. The van der Waals surface area contributed by atoms with Crippen LogP contribution in [0.1, 0.15) is 12.7 Å². The molecule has 5 rings (SSSR count). The van der Waals surface area contributed by atoms with E-state index in [1.54, 1.807) is 6.33 Å². The van der Waals surface area contributed by atoms with Gasteiger partial charge in [-0.15, -0.1) is 0 Å². The number of rotatable bonds is 4. The number of hydrogen-bond donors (Lipinski definition) is 1. The van der Waals surface area contributed by atoms with Gasteiger partial charge in [0.15, 0.2) is 0 Å². The van der Waals surface area contributed by atoms with Crippen LogP contribution in [0.3, 0.4) is 0 Å². The highest BCUT2D eigenvalue weighted by atomic mass is 15.3. The van der Waals surface area contributed by atoms with Crippen molar-refractivity contribution in [1.82, 2.24) is 29.4 Å². The fourth-order valence-corrected chi connectivity index (χ4v) is 4.03. The lowest BCUT2D eigenvalue weighted by Gasteiger charge is -2.35. The smallest absolute Gasteiger partial charge is 0.142 e. The van der Waals surface area contributed by atoms with E-state index in [4.69, 9.17) is 4.98 Å². The zero-order valence-corrected chi connectivity index (χ0v) is 15.5. The molecule has 0 aliphatic carbocycles. The number of nitrogens with zero attached hydrogens (tertiary/aromatic N) is 6. The standard InChI is InChI=1S/C20H23N7/c1-2-27-17-6-4-3-5-16(17)24-18(27)13-25-9-11-26(12-10-25)20-15-7-8-21-19(15)22-14-23-20/h3-8,14H,2,9-13H2,1H3,(H,21,22,23). The van der Waals surface area contributed by atoms with Gasteiger partial charge in [-0.3, -0.25) is 4.90 Å². The SMILES string of the molecule is CCn1c(CN2CCN(c3ncnc4[nH]ccc34)CC2)nc2ccccc21. The summed E-state index contributed by atoms with van der Waals surface area (Å²) in [5.41, 5.74) is 3.22. The van der Waals surface area contributed by atoms with Gasteiger partial charge in [0.25, 0.3) is 0 Å². The van der Waals surface area contributed by atoms with Crippen LogP contribution in [0.2, 0.25) is 0 Å². The van der Waals surface area contributed by atoms with Gasteiger partial charge in [-0.05, 0) is 25.1 Å². The Labute approximate surface area is 157 Å². The molecule has 0 saturated carbocycles. The van der Waals surface area contributed by atoms with Gasteiger partial charge in [0.1, 0.15) is 23.6 Å². The van der Waals surface area contributed by atoms with Gasteiger partial charge in [0.2, 0.25) is 0 Å². The normalized spacial score (nSPS) is 15.8. The van der Waals surface area contributed by atoms with E-state index in [1.807, 2.05) is 6.20 Å². The van der Waals surface area contributed by atoms with Crippen molar-refractivity contribution in [3.05, 3.63) is 48.7 Å². The van der Waals surface area contributed by atoms with Crippen LogP contribution in [0.15, 0.2) is 42.9 Å². The Morgan fingerprint density at radius 1 is 1.04 bits per heavy atom. The molecule has 7 heteroatoms. The fraction of sp³-hybridized carbons (Fsp3) is 0.350. The molecule has 1 N–H and O–H groups in total. The predicted octanol–water partition coefficient (Wildman–Crippen LogP) is 2.65. The molecule has 1 aliphatic heterocycles. The molecule has 0 radical (unpaired) electrons. The minimum atomic E-state index is 0.889. The number of H-pyrrole nitrogens is 1. The van der Waals surface area contributed by atoms with Crippen LogP contribution in [0.5, 0.6) is 0 Å². The van der Waals surface area contributed by atoms with Crippen LogP contribution in [0, 0.1) is 0 Å². The molecule has 4 heterocycles. The predicted molar refractivity (Wildman–Crippen MR) is 107 cm³/mol. The quantitative estimate of drug-likeness (QED) is 0.605. The Balaban J connectivity index is 1.32. The molecule has 4 aromatic rings. The topological polar surface area (TPSA) is 65.9 Å². The minimum absolute atomic E-state index is 0.889. The number of benzene rings is 1. The van der Waals surface area contributed by atoms with Gasteiger partial charge in [0.05, 0.1) is 23.0 Å². The largest absolute Gasteiger partial charge is 0.353 e. The van der Waals surface area contributed by atoms with Gasteiger partial charge in [-0.2, -0.15) is 0 Å². The lowest BCUT2D eigenvalue weighted by Crippen LogP contribution is -2.46. The first-order chi connectivity index (χ1) is 13.3. The van der Waals surface area contributed by atoms with E-state index in [0.717, 1.165) is 67.5 Å². The molecular weight excluding hydrogens is 338 g/mol. The van der Waals surface area contributed by atoms with Crippen molar-refractivity contribution in [2.24, 2.45) is 0 Å². The summed E-state index contributed by atoms with van der Waals surface area (Å²) >= 11 is 0. The summed E-state index contributed by atoms with van der Waals surface area (Å²) in [4.78, 5) is 21.7. The highest BCUT2D eigenvalue weighted by Crippen LogP contribution is 2.24. The number of anilines is 1. The zero-order valence-electron chi connectivity index (χ0n) is 15.5. The first-order valence-electron chi connectivity index (χ1n) is 9.53. The Morgan fingerprint density at radius 2 is 1.89 bits per heavy atom. The molecule has 0 unspecified atom stereocenters. The van der Waals surface area contributed by atoms with Crippen LogP contribution in [0.25, 0.3) is 22.1 Å². The Morgan fingerprint density at radius 3 is 2.74 bits per heavy atom. The summed E-state index contributed by atoms with van der Waals surface area (Å²) in [5.74, 6) is 2.18. The second-order valence-corrected chi connectivity index (χ2v) is 6.96. The van der Waals surface area contributed by atoms with E-state index in [0.29, 0.717) is 0 Å². The third kappa shape index (κ3) is 2.84. The van der Waals surface area contributed by atoms with Gasteiger partial charge in [0, 0.05) is 38.9 Å². The van der Waals surface area contributed by atoms with Crippen molar-refractivity contribution < 1.29 is 0 Å². The third-order valence-corrected chi connectivity index (χ3v) is 5.42. The molecule has 1 fully saturated rings. The molecule has 1 aromatic carbocycles. The zero-order chi connectivity index (χ0) is 18.2. The van der Waals surface area contributed by atoms with E-state index in [-0.39, 0.29) is 0 Å². The maximum atomic E-state index is 4.87. The van der Waals surface area contributed by atoms with Crippen molar-refractivity contribution in [3.63, 3.8) is 0 Å². The Bertz CT molecular complexity index is 1070. The van der Waals surface area contributed by atoms with Crippen LogP contribution in [-0.2, 0) is 13.1 Å². The van der Waals surface area contributed by atoms with Gasteiger partial charge in [-0.25, -0.2) is 15.0 Å². The molecule has 1 saturated heterocycles. The number of nitrogens with one attached hydrogen (secondary N) is 1. The van der Waals surface area contributed by atoms with E-state index in [2.05, 4.69) is 66.6 Å². The number of piperazine rings is 1. The molecule has 1 aliphatic rings. The molecule has 0 atom stereocenters. The first kappa shape index (κ1) is 16.3. The summed E-state index contributed by atoms with van der Waals surface area (Å²) in [6.45, 7) is 7.95. The van der Waals surface area contributed by atoms with Crippen LogP contribution in [0.4, 0.5) is 5.82 Å². The second kappa shape index (κ2) is 6.66. The van der Waals surface area contributed by atoms with E-state index in [1.165, 1.54) is 5.52 Å². The monoisotopic (exact) mass is 361 g/mol. The van der Waals surface area contributed by atoms with E-state index in [9.17, 15) is 0 Å². The number of aromatic nitrogens is 5. The van der Waals surface area contributed by atoms with Gasteiger partial charge >= 0.3 is 0 Å². The fourth-order valence-electron chi connectivity index (χ4n) is 4.03. The number of fused-ring (bicyclic) bond motifs is 2. The highest BCUT2D eigenvalue weighted by molar-refractivity contribution is 5.87. The molecule has 27 heavy (non-hydrogen) atoms. The summed E-state index contributed by atoms with van der Waals surface area (Å²) in [5, 5.41) is 1.10. The van der Waals surface area contributed by atoms with Crippen molar-refractivity contribution in [2.75, 3.05) is 31.1 Å². The van der Waals surface area contributed by atoms with Crippen molar-refractivity contribution in [2.45, 2.75) is 20.0 Å². The molecule has 0 bridgehead atoms. The van der Waals surface area contributed by atoms with Gasteiger partial charge in [-0.1, -0.05) is 12.1 Å². The average molecular weight is 361 g/mol. The molecule has 3 aromatic heterocycles. The van der Waals surface area contributed by atoms with Crippen LogP contribution >= 0.6 is 0 Å². The number of hydrogen-bond acceptors (Lipinski definition) is 5.